The molecule has 0 spiro atoms. The summed E-state index contributed by atoms with van der Waals surface area (Å²) in [5, 5.41) is 3.38. The summed E-state index contributed by atoms with van der Waals surface area (Å²) in [5.41, 5.74) is 0. The quantitative estimate of drug-likeness (QED) is 0.736. The average Bonchev–Trinajstić information content (AvgIpc) is 2.85. The molecule has 1 heterocycles. The summed E-state index contributed by atoms with van der Waals surface area (Å²) in [7, 11) is -1.67. The van der Waals surface area contributed by atoms with Crippen LogP contribution in [0.3, 0.4) is 0 Å². The molecule has 1 N–H and O–H groups in total. The van der Waals surface area contributed by atoms with Crippen LogP contribution in [0.4, 0.5) is 0 Å². The minimum atomic E-state index is -3.33. The van der Waals surface area contributed by atoms with E-state index in [-0.39, 0.29) is 6.04 Å². The minimum Gasteiger partial charge on any atom is -0.313 e. The Bertz CT molecular complexity index is 351. The molecule has 1 fully saturated rings. The lowest BCUT2D eigenvalue weighted by molar-refractivity contribution is 0.313. The Hall–Kier alpha value is -0.170. The third-order valence-corrected chi connectivity index (χ3v) is 5.90. The van der Waals surface area contributed by atoms with Gasteiger partial charge in [0, 0.05) is 32.2 Å². The van der Waals surface area contributed by atoms with Crippen molar-refractivity contribution < 1.29 is 8.42 Å². The number of rotatable bonds is 8. The minimum absolute atomic E-state index is 0.00864. The molecule has 0 aromatic heterocycles. The third kappa shape index (κ3) is 4.70. The van der Waals surface area contributed by atoms with Crippen molar-refractivity contribution in [2.24, 2.45) is 0 Å². The maximum atomic E-state index is 12.6. The molecule has 1 rings (SSSR count). The Labute approximate surface area is 118 Å². The molecule has 1 unspecified atom stereocenters. The molecular formula is C13H29N3O2S. The maximum absolute atomic E-state index is 12.6. The van der Waals surface area contributed by atoms with Gasteiger partial charge in [0.1, 0.15) is 0 Å². The Morgan fingerprint density at radius 2 is 2.05 bits per heavy atom. The molecule has 1 atom stereocenters. The van der Waals surface area contributed by atoms with Crippen molar-refractivity contribution in [2.45, 2.75) is 58.5 Å². The van der Waals surface area contributed by atoms with Crippen LogP contribution in [0.2, 0.25) is 0 Å². The molecule has 6 heteroatoms. The molecule has 0 saturated carbocycles. The third-order valence-electron chi connectivity index (χ3n) is 3.76. The van der Waals surface area contributed by atoms with Gasteiger partial charge in [0.05, 0.1) is 0 Å². The first-order valence-electron chi connectivity index (χ1n) is 7.36. The van der Waals surface area contributed by atoms with Gasteiger partial charge in [-0.05, 0) is 39.7 Å². The van der Waals surface area contributed by atoms with E-state index >= 15 is 0 Å². The van der Waals surface area contributed by atoms with Crippen molar-refractivity contribution in [3.63, 3.8) is 0 Å². The van der Waals surface area contributed by atoms with Crippen LogP contribution in [0.15, 0.2) is 0 Å². The Balaban J connectivity index is 2.76. The number of hydrogen-bond donors (Lipinski definition) is 1. The standard InChI is InChI=1S/C13H29N3O2S/c1-5-6-10-16(11-13-8-7-9-14-13)19(17,18)15(4)12(2)3/h12-14H,5-11H2,1-4H3. The second-order valence-corrected chi connectivity index (χ2v) is 7.61. The fraction of sp³-hybridized carbons (Fsp3) is 1.00. The molecule has 1 saturated heterocycles. The zero-order valence-corrected chi connectivity index (χ0v) is 13.5. The first-order chi connectivity index (χ1) is 8.89. The molecule has 0 aromatic rings. The van der Waals surface area contributed by atoms with Gasteiger partial charge in [0.15, 0.2) is 0 Å². The summed E-state index contributed by atoms with van der Waals surface area (Å²) >= 11 is 0. The molecule has 0 aromatic carbocycles. The van der Waals surface area contributed by atoms with Crippen LogP contribution in [0.25, 0.3) is 0 Å². The maximum Gasteiger partial charge on any atom is 0.282 e. The van der Waals surface area contributed by atoms with Gasteiger partial charge >= 0.3 is 0 Å². The summed E-state index contributed by atoms with van der Waals surface area (Å²) in [6, 6.07) is 0.304. The molecule has 114 valence electrons. The molecule has 1 aliphatic heterocycles. The molecular weight excluding hydrogens is 262 g/mol. The van der Waals surface area contributed by atoms with E-state index in [4.69, 9.17) is 0 Å². The van der Waals surface area contributed by atoms with E-state index in [1.807, 2.05) is 13.8 Å². The molecule has 0 bridgehead atoms. The summed E-state index contributed by atoms with van der Waals surface area (Å²) in [5.74, 6) is 0. The van der Waals surface area contributed by atoms with Crippen LogP contribution in [0.5, 0.6) is 0 Å². The highest BCUT2D eigenvalue weighted by atomic mass is 32.2. The van der Waals surface area contributed by atoms with Gasteiger partial charge in [-0.1, -0.05) is 13.3 Å². The summed E-state index contributed by atoms with van der Waals surface area (Å²) in [6.45, 7) is 8.12. The van der Waals surface area contributed by atoms with Gasteiger partial charge in [-0.15, -0.1) is 0 Å². The van der Waals surface area contributed by atoms with E-state index in [0.717, 1.165) is 32.2 Å². The topological polar surface area (TPSA) is 52.7 Å². The van der Waals surface area contributed by atoms with Gasteiger partial charge in [-0.3, -0.25) is 0 Å². The highest BCUT2D eigenvalue weighted by Gasteiger charge is 2.30. The molecule has 1 aliphatic rings. The van der Waals surface area contributed by atoms with Crippen LogP contribution in [0.1, 0.15) is 46.5 Å². The number of nitrogens with zero attached hydrogens (tertiary/aromatic N) is 2. The smallest absolute Gasteiger partial charge is 0.282 e. The normalized spacial score (nSPS) is 20.9. The van der Waals surface area contributed by atoms with E-state index in [1.165, 1.54) is 4.31 Å². The van der Waals surface area contributed by atoms with Crippen molar-refractivity contribution in [3.05, 3.63) is 0 Å². The van der Waals surface area contributed by atoms with Crippen LogP contribution in [-0.4, -0.2) is 55.8 Å². The molecule has 0 aliphatic carbocycles. The average molecular weight is 291 g/mol. The van der Waals surface area contributed by atoms with Gasteiger partial charge < -0.3 is 5.32 Å². The largest absolute Gasteiger partial charge is 0.313 e. The Kier molecular flexibility index (Phi) is 6.73. The van der Waals surface area contributed by atoms with Crippen LogP contribution >= 0.6 is 0 Å². The van der Waals surface area contributed by atoms with Crippen molar-refractivity contribution in [2.75, 3.05) is 26.7 Å². The Morgan fingerprint density at radius 3 is 2.53 bits per heavy atom. The van der Waals surface area contributed by atoms with Crippen LogP contribution < -0.4 is 5.32 Å². The van der Waals surface area contributed by atoms with Gasteiger partial charge in [0.2, 0.25) is 0 Å². The summed E-state index contributed by atoms with van der Waals surface area (Å²) in [6.07, 6.45) is 4.14. The predicted octanol–water partition coefficient (Wildman–Crippen LogP) is 1.43. The lowest BCUT2D eigenvalue weighted by Gasteiger charge is -2.31. The first-order valence-corrected chi connectivity index (χ1v) is 8.75. The number of hydrogen-bond acceptors (Lipinski definition) is 3. The second kappa shape index (κ2) is 7.57. The fourth-order valence-corrected chi connectivity index (χ4v) is 3.87. The summed E-state index contributed by atoms with van der Waals surface area (Å²) in [4.78, 5) is 0. The molecule has 0 amide bonds. The van der Waals surface area contributed by atoms with E-state index < -0.39 is 10.2 Å². The molecule has 5 nitrogen and oxygen atoms in total. The van der Waals surface area contributed by atoms with Gasteiger partial charge in [-0.25, -0.2) is 0 Å². The predicted molar refractivity (Wildman–Crippen MR) is 79.3 cm³/mol. The SMILES string of the molecule is CCCCN(CC1CCCN1)S(=O)(=O)N(C)C(C)C. The molecule has 0 radical (unpaired) electrons. The Morgan fingerprint density at radius 1 is 1.37 bits per heavy atom. The lowest BCUT2D eigenvalue weighted by Crippen LogP contribution is -2.49. The lowest BCUT2D eigenvalue weighted by atomic mass is 10.2. The number of unbranched alkanes of at least 4 members (excludes halogenated alkanes) is 1. The summed E-state index contributed by atoms with van der Waals surface area (Å²) < 4.78 is 28.3. The highest BCUT2D eigenvalue weighted by Crippen LogP contribution is 2.15. The van der Waals surface area contributed by atoms with Gasteiger partial charge in [0.25, 0.3) is 10.2 Å². The zero-order chi connectivity index (χ0) is 14.5. The first kappa shape index (κ1) is 16.9. The second-order valence-electron chi connectivity index (χ2n) is 5.62. The highest BCUT2D eigenvalue weighted by molar-refractivity contribution is 7.86. The van der Waals surface area contributed by atoms with E-state index in [1.54, 1.807) is 11.4 Å². The number of nitrogens with one attached hydrogen (secondary N) is 1. The van der Waals surface area contributed by atoms with E-state index in [9.17, 15) is 8.42 Å². The van der Waals surface area contributed by atoms with Crippen molar-refractivity contribution in [1.82, 2.24) is 13.9 Å². The van der Waals surface area contributed by atoms with E-state index in [0.29, 0.717) is 19.1 Å². The zero-order valence-electron chi connectivity index (χ0n) is 12.7. The van der Waals surface area contributed by atoms with Crippen molar-refractivity contribution >= 4 is 10.2 Å². The monoisotopic (exact) mass is 291 g/mol. The van der Waals surface area contributed by atoms with Crippen molar-refractivity contribution in [1.29, 1.82) is 0 Å². The van der Waals surface area contributed by atoms with Crippen LogP contribution in [-0.2, 0) is 10.2 Å². The molecule has 19 heavy (non-hydrogen) atoms. The van der Waals surface area contributed by atoms with E-state index in [2.05, 4.69) is 12.2 Å². The van der Waals surface area contributed by atoms with Crippen molar-refractivity contribution in [3.8, 4) is 0 Å². The fourth-order valence-electron chi connectivity index (χ4n) is 2.24. The van der Waals surface area contributed by atoms with Gasteiger partial charge in [-0.2, -0.15) is 17.0 Å². The van der Waals surface area contributed by atoms with Crippen LogP contribution in [0, 0.1) is 0 Å².